The highest BCUT2D eigenvalue weighted by molar-refractivity contribution is 5.70. The maximum absolute atomic E-state index is 14.7. The molecule has 1 saturated heterocycles. The van der Waals surface area contributed by atoms with E-state index in [1.807, 2.05) is 37.3 Å². The molecule has 0 N–H and O–H groups in total. The summed E-state index contributed by atoms with van der Waals surface area (Å²) in [5, 5.41) is 0. The van der Waals surface area contributed by atoms with Gasteiger partial charge in [-0.05, 0) is 25.3 Å². The number of cyclic esters (lactones) is 1. The largest absolute Gasteiger partial charge is 0.447 e. The van der Waals surface area contributed by atoms with E-state index in [-0.39, 0.29) is 12.6 Å². The number of benzene rings is 1. The molecule has 3 atom stereocenters. The number of methoxy groups -OCH3 is 1. The fourth-order valence-electron chi connectivity index (χ4n) is 2.95. The summed E-state index contributed by atoms with van der Waals surface area (Å²) in [5.74, 6) is -1.89. The molecule has 0 aromatic heterocycles. The van der Waals surface area contributed by atoms with Gasteiger partial charge in [-0.3, -0.25) is 4.90 Å². The molecule has 1 aliphatic rings. The van der Waals surface area contributed by atoms with Gasteiger partial charge in [0.25, 0.3) is 0 Å². The molecule has 2 rings (SSSR count). The van der Waals surface area contributed by atoms with E-state index in [1.165, 1.54) is 18.9 Å². The molecule has 22 heavy (non-hydrogen) atoms. The maximum Gasteiger partial charge on any atom is 0.410 e. The van der Waals surface area contributed by atoms with Crippen LogP contribution in [0.25, 0.3) is 0 Å². The van der Waals surface area contributed by atoms with Crippen molar-refractivity contribution in [3.63, 3.8) is 0 Å². The summed E-state index contributed by atoms with van der Waals surface area (Å²) >= 11 is 0. The standard InChI is InChI=1S/C17H24FNO3/c1-4-8-15(17(2,18)21-3)19-14(12-22-16(19)20)11-13-9-6-5-7-10-13/h5-7,9-10,14-15H,4,8,11-12H2,1-3H3/t14?,15-,17?/m0/s1. The summed E-state index contributed by atoms with van der Waals surface area (Å²) in [6.07, 6.45) is 1.48. The van der Waals surface area contributed by atoms with Crippen molar-refractivity contribution in [2.24, 2.45) is 0 Å². The number of carbonyl (C=O) groups is 1. The third-order valence-electron chi connectivity index (χ3n) is 4.21. The highest BCUT2D eigenvalue weighted by Gasteiger charge is 2.46. The van der Waals surface area contributed by atoms with Crippen LogP contribution in [0.3, 0.4) is 0 Å². The highest BCUT2D eigenvalue weighted by Crippen LogP contribution is 2.31. The van der Waals surface area contributed by atoms with Crippen LogP contribution < -0.4 is 0 Å². The summed E-state index contributed by atoms with van der Waals surface area (Å²) in [7, 11) is 1.33. The predicted molar refractivity (Wildman–Crippen MR) is 82.3 cm³/mol. The van der Waals surface area contributed by atoms with Crippen LogP contribution in [-0.2, 0) is 15.9 Å². The van der Waals surface area contributed by atoms with Crippen molar-refractivity contribution in [1.29, 1.82) is 0 Å². The number of carbonyl (C=O) groups excluding carboxylic acids is 1. The number of alkyl halides is 1. The van der Waals surface area contributed by atoms with Crippen LogP contribution in [0.4, 0.5) is 9.18 Å². The Hall–Kier alpha value is -1.62. The van der Waals surface area contributed by atoms with E-state index >= 15 is 0 Å². The molecule has 0 spiro atoms. The monoisotopic (exact) mass is 309 g/mol. The Kier molecular flexibility index (Phi) is 5.40. The molecule has 1 heterocycles. The Bertz CT molecular complexity index is 492. The van der Waals surface area contributed by atoms with Gasteiger partial charge in [-0.1, -0.05) is 43.7 Å². The quantitative estimate of drug-likeness (QED) is 0.773. The lowest BCUT2D eigenvalue weighted by Crippen LogP contribution is -2.53. The summed E-state index contributed by atoms with van der Waals surface area (Å²) in [6.45, 7) is 3.62. The first-order valence-corrected chi connectivity index (χ1v) is 7.72. The summed E-state index contributed by atoms with van der Waals surface area (Å²) in [5.41, 5.74) is 1.10. The molecular formula is C17H24FNO3. The van der Waals surface area contributed by atoms with Gasteiger partial charge in [-0.15, -0.1) is 0 Å². The number of ether oxygens (including phenoxy) is 2. The zero-order chi connectivity index (χ0) is 16.2. The molecule has 122 valence electrons. The molecule has 0 saturated carbocycles. The minimum atomic E-state index is -1.89. The Balaban J connectivity index is 2.21. The van der Waals surface area contributed by atoms with Crippen molar-refractivity contribution in [3.05, 3.63) is 35.9 Å². The van der Waals surface area contributed by atoms with Crippen molar-refractivity contribution < 1.29 is 18.7 Å². The average Bonchev–Trinajstić information content (AvgIpc) is 2.86. The number of amides is 1. The van der Waals surface area contributed by atoms with Crippen LogP contribution in [0.1, 0.15) is 32.3 Å². The first-order valence-electron chi connectivity index (χ1n) is 7.72. The van der Waals surface area contributed by atoms with E-state index in [1.54, 1.807) is 0 Å². The third-order valence-corrected chi connectivity index (χ3v) is 4.21. The second-order valence-electron chi connectivity index (χ2n) is 5.82. The van der Waals surface area contributed by atoms with Gasteiger partial charge in [-0.25, -0.2) is 9.18 Å². The van der Waals surface area contributed by atoms with Crippen LogP contribution in [0, 0.1) is 0 Å². The molecule has 4 nitrogen and oxygen atoms in total. The Morgan fingerprint density at radius 3 is 2.73 bits per heavy atom. The van der Waals surface area contributed by atoms with Gasteiger partial charge in [-0.2, -0.15) is 0 Å². The van der Waals surface area contributed by atoms with Crippen molar-refractivity contribution >= 4 is 6.09 Å². The normalized spacial score (nSPS) is 22.3. The second kappa shape index (κ2) is 7.09. The molecule has 0 bridgehead atoms. The van der Waals surface area contributed by atoms with Crippen LogP contribution in [0.15, 0.2) is 30.3 Å². The molecule has 0 aliphatic carbocycles. The number of halogens is 1. The highest BCUT2D eigenvalue weighted by atomic mass is 19.2. The minimum absolute atomic E-state index is 0.170. The maximum atomic E-state index is 14.7. The number of nitrogens with zero attached hydrogens (tertiary/aromatic N) is 1. The van der Waals surface area contributed by atoms with E-state index in [2.05, 4.69) is 0 Å². The zero-order valence-electron chi connectivity index (χ0n) is 13.4. The second-order valence-corrected chi connectivity index (χ2v) is 5.82. The van der Waals surface area contributed by atoms with Gasteiger partial charge in [0, 0.05) is 7.11 Å². The van der Waals surface area contributed by atoms with Gasteiger partial charge in [0.2, 0.25) is 5.85 Å². The lowest BCUT2D eigenvalue weighted by molar-refractivity contribution is -0.155. The molecule has 1 amide bonds. The van der Waals surface area contributed by atoms with Gasteiger partial charge in [0.05, 0.1) is 12.1 Å². The van der Waals surface area contributed by atoms with Crippen LogP contribution in [-0.4, -0.2) is 42.6 Å². The molecule has 5 heteroatoms. The molecular weight excluding hydrogens is 285 g/mol. The summed E-state index contributed by atoms with van der Waals surface area (Å²) < 4.78 is 24.9. The molecule has 1 aromatic rings. The average molecular weight is 309 g/mol. The summed E-state index contributed by atoms with van der Waals surface area (Å²) in [4.78, 5) is 13.7. The van der Waals surface area contributed by atoms with Crippen molar-refractivity contribution in [2.45, 2.75) is 51.0 Å². The third kappa shape index (κ3) is 3.58. The zero-order valence-corrected chi connectivity index (χ0v) is 13.4. The number of hydrogen-bond acceptors (Lipinski definition) is 3. The smallest absolute Gasteiger partial charge is 0.410 e. The van der Waals surface area contributed by atoms with Crippen molar-refractivity contribution in [1.82, 2.24) is 4.90 Å². The Morgan fingerprint density at radius 1 is 1.45 bits per heavy atom. The molecule has 2 unspecified atom stereocenters. The van der Waals surface area contributed by atoms with Crippen LogP contribution in [0.2, 0.25) is 0 Å². The lowest BCUT2D eigenvalue weighted by Gasteiger charge is -2.37. The Morgan fingerprint density at radius 2 is 2.14 bits per heavy atom. The van der Waals surface area contributed by atoms with Gasteiger partial charge >= 0.3 is 6.09 Å². The van der Waals surface area contributed by atoms with Crippen LogP contribution in [0.5, 0.6) is 0 Å². The minimum Gasteiger partial charge on any atom is -0.447 e. The fraction of sp³-hybridized carbons (Fsp3) is 0.588. The first kappa shape index (κ1) is 16.7. The lowest BCUT2D eigenvalue weighted by atomic mass is 9.98. The van der Waals surface area contributed by atoms with E-state index in [4.69, 9.17) is 9.47 Å². The fourth-order valence-corrected chi connectivity index (χ4v) is 2.95. The molecule has 0 radical (unpaired) electrons. The first-order chi connectivity index (χ1) is 10.5. The number of hydrogen-bond donors (Lipinski definition) is 0. The van der Waals surface area contributed by atoms with E-state index in [0.29, 0.717) is 12.8 Å². The van der Waals surface area contributed by atoms with E-state index < -0.39 is 18.0 Å². The Labute approximate surface area is 131 Å². The van der Waals surface area contributed by atoms with Gasteiger partial charge < -0.3 is 9.47 Å². The number of rotatable bonds is 7. The van der Waals surface area contributed by atoms with Gasteiger partial charge in [0.15, 0.2) is 0 Å². The van der Waals surface area contributed by atoms with Crippen molar-refractivity contribution in [3.8, 4) is 0 Å². The molecule has 1 aromatic carbocycles. The molecule has 1 fully saturated rings. The van der Waals surface area contributed by atoms with Crippen molar-refractivity contribution in [2.75, 3.05) is 13.7 Å². The SMILES string of the molecule is CCC[C@H](N1C(=O)OCC1Cc1ccccc1)C(C)(F)OC. The van der Waals surface area contributed by atoms with Crippen LogP contribution >= 0.6 is 0 Å². The van der Waals surface area contributed by atoms with Gasteiger partial charge in [0.1, 0.15) is 6.61 Å². The van der Waals surface area contributed by atoms with E-state index in [9.17, 15) is 9.18 Å². The molecule has 1 aliphatic heterocycles. The van der Waals surface area contributed by atoms with E-state index in [0.717, 1.165) is 12.0 Å². The topological polar surface area (TPSA) is 38.8 Å². The predicted octanol–water partition coefficient (Wildman–Crippen LogP) is 3.55. The summed E-state index contributed by atoms with van der Waals surface area (Å²) in [6, 6.07) is 9.04.